The molecule has 2 amide bonds. The van der Waals surface area contributed by atoms with Crippen LogP contribution in [0.2, 0.25) is 5.02 Å². The minimum Gasteiger partial charge on any atom is -0.457 e. The summed E-state index contributed by atoms with van der Waals surface area (Å²) in [6, 6.07) is 7.23. The number of hydrogen-bond acceptors (Lipinski definition) is 6. The lowest BCUT2D eigenvalue weighted by atomic mass is 10.1. The number of furan rings is 1. The van der Waals surface area contributed by atoms with Gasteiger partial charge in [0.2, 0.25) is 0 Å². The van der Waals surface area contributed by atoms with E-state index in [0.717, 1.165) is 16.7 Å². The zero-order chi connectivity index (χ0) is 18.8. The van der Waals surface area contributed by atoms with Gasteiger partial charge in [-0.15, -0.1) is 6.42 Å². The number of carbonyl (C=O) groups excluding carboxylic acids is 2. The van der Waals surface area contributed by atoms with Gasteiger partial charge in [-0.3, -0.25) is 24.6 Å². The average molecular weight is 389 g/mol. The third kappa shape index (κ3) is 3.35. The van der Waals surface area contributed by atoms with Crippen molar-refractivity contribution in [2.75, 3.05) is 6.54 Å². The third-order valence-electron chi connectivity index (χ3n) is 3.45. The highest BCUT2D eigenvalue weighted by atomic mass is 35.5. The van der Waals surface area contributed by atoms with E-state index in [2.05, 4.69) is 5.92 Å². The van der Waals surface area contributed by atoms with Crippen molar-refractivity contribution >= 4 is 46.3 Å². The van der Waals surface area contributed by atoms with E-state index >= 15 is 0 Å². The molecule has 1 fully saturated rings. The minimum atomic E-state index is -0.546. The molecule has 0 atom stereocenters. The molecule has 0 saturated carbocycles. The summed E-state index contributed by atoms with van der Waals surface area (Å²) >= 11 is 6.85. The Kier molecular flexibility index (Phi) is 4.84. The van der Waals surface area contributed by atoms with Crippen LogP contribution < -0.4 is 0 Å². The highest BCUT2D eigenvalue weighted by Gasteiger charge is 2.34. The van der Waals surface area contributed by atoms with Crippen LogP contribution in [0.3, 0.4) is 0 Å². The fourth-order valence-corrected chi connectivity index (χ4v) is 3.34. The van der Waals surface area contributed by atoms with E-state index in [1.54, 1.807) is 12.1 Å². The molecule has 26 heavy (non-hydrogen) atoms. The fraction of sp³-hybridized carbons (Fsp3) is 0.0588. The number of non-ortho nitro benzene ring substituents is 1. The number of rotatable bonds is 4. The Morgan fingerprint density at radius 2 is 2.12 bits per heavy atom. The van der Waals surface area contributed by atoms with Gasteiger partial charge in [0.15, 0.2) is 0 Å². The van der Waals surface area contributed by atoms with Crippen LogP contribution in [0, 0.1) is 22.5 Å². The molecular weight excluding hydrogens is 380 g/mol. The molecular formula is C17H9ClN2O5S. The van der Waals surface area contributed by atoms with Crippen LogP contribution in [0.15, 0.2) is 39.7 Å². The predicted molar refractivity (Wildman–Crippen MR) is 97.3 cm³/mol. The zero-order valence-electron chi connectivity index (χ0n) is 13.0. The summed E-state index contributed by atoms with van der Waals surface area (Å²) in [5.41, 5.74) is 0.338. The molecule has 7 nitrogen and oxygen atoms in total. The minimum absolute atomic E-state index is 0.0934. The number of amides is 2. The lowest BCUT2D eigenvalue weighted by molar-refractivity contribution is -0.384. The van der Waals surface area contributed by atoms with Crippen molar-refractivity contribution in [1.82, 2.24) is 4.90 Å². The first-order chi connectivity index (χ1) is 12.4. The first kappa shape index (κ1) is 17.8. The van der Waals surface area contributed by atoms with Gasteiger partial charge in [0, 0.05) is 23.8 Å². The Hall–Kier alpha value is -3.02. The van der Waals surface area contributed by atoms with Crippen LogP contribution in [0.25, 0.3) is 17.4 Å². The molecule has 130 valence electrons. The van der Waals surface area contributed by atoms with Crippen molar-refractivity contribution < 1.29 is 18.9 Å². The average Bonchev–Trinajstić information content (AvgIpc) is 3.15. The van der Waals surface area contributed by atoms with Gasteiger partial charge >= 0.3 is 0 Å². The lowest BCUT2D eigenvalue weighted by Crippen LogP contribution is -2.28. The van der Waals surface area contributed by atoms with Crippen molar-refractivity contribution in [3.8, 4) is 23.7 Å². The number of nitrogens with zero attached hydrogens (tertiary/aromatic N) is 2. The van der Waals surface area contributed by atoms with Gasteiger partial charge in [-0.1, -0.05) is 17.5 Å². The maximum atomic E-state index is 12.1. The Labute approximate surface area is 156 Å². The number of carbonyl (C=O) groups is 2. The second-order valence-corrected chi connectivity index (χ2v) is 6.50. The van der Waals surface area contributed by atoms with Gasteiger partial charge in [0.25, 0.3) is 16.8 Å². The summed E-state index contributed by atoms with van der Waals surface area (Å²) in [5.74, 6) is 2.48. The van der Waals surface area contributed by atoms with Crippen LogP contribution in [0.5, 0.6) is 0 Å². The predicted octanol–water partition coefficient (Wildman–Crippen LogP) is 4.18. The largest absolute Gasteiger partial charge is 0.457 e. The first-order valence-corrected chi connectivity index (χ1v) is 8.33. The van der Waals surface area contributed by atoms with Crippen molar-refractivity contribution in [1.29, 1.82) is 0 Å². The molecule has 1 aromatic heterocycles. The number of hydrogen-bond donors (Lipinski definition) is 0. The van der Waals surface area contributed by atoms with Crippen LogP contribution in [-0.4, -0.2) is 27.5 Å². The first-order valence-electron chi connectivity index (χ1n) is 7.13. The Morgan fingerprint density at radius 3 is 2.77 bits per heavy atom. The van der Waals surface area contributed by atoms with Crippen molar-refractivity contribution in [3.63, 3.8) is 0 Å². The Morgan fingerprint density at radius 1 is 1.35 bits per heavy atom. The van der Waals surface area contributed by atoms with Gasteiger partial charge in [-0.2, -0.15) is 0 Å². The molecule has 2 heterocycles. The molecule has 0 bridgehead atoms. The Balaban J connectivity index is 1.87. The van der Waals surface area contributed by atoms with E-state index in [-0.39, 0.29) is 22.2 Å². The van der Waals surface area contributed by atoms with E-state index in [1.165, 1.54) is 24.3 Å². The molecule has 1 saturated heterocycles. The summed E-state index contributed by atoms with van der Waals surface area (Å²) in [6.07, 6.45) is 6.58. The van der Waals surface area contributed by atoms with Crippen LogP contribution in [0.4, 0.5) is 10.5 Å². The van der Waals surface area contributed by atoms with Crippen molar-refractivity contribution in [3.05, 3.63) is 56.1 Å². The van der Waals surface area contributed by atoms with Crippen LogP contribution in [0.1, 0.15) is 5.76 Å². The van der Waals surface area contributed by atoms with E-state index < -0.39 is 16.1 Å². The number of nitro groups is 1. The van der Waals surface area contributed by atoms with Crippen molar-refractivity contribution in [2.45, 2.75) is 0 Å². The Bertz CT molecular complexity index is 1000. The SMILES string of the molecule is C#CCN1C(=O)S/C(=C\c2ccc(-c3ccc([N+](=O)[O-])cc3Cl)o2)C1=O. The maximum absolute atomic E-state index is 12.1. The van der Waals surface area contributed by atoms with Gasteiger partial charge in [-0.25, -0.2) is 0 Å². The second-order valence-electron chi connectivity index (χ2n) is 5.10. The number of benzene rings is 1. The highest BCUT2D eigenvalue weighted by molar-refractivity contribution is 8.18. The maximum Gasteiger partial charge on any atom is 0.294 e. The highest BCUT2D eigenvalue weighted by Crippen LogP contribution is 2.35. The lowest BCUT2D eigenvalue weighted by Gasteiger charge is -2.06. The van der Waals surface area contributed by atoms with Gasteiger partial charge in [0.05, 0.1) is 21.4 Å². The molecule has 0 aliphatic carbocycles. The summed E-state index contributed by atoms with van der Waals surface area (Å²) in [4.78, 5) is 35.3. The molecule has 0 unspecified atom stereocenters. The zero-order valence-corrected chi connectivity index (χ0v) is 14.5. The van der Waals surface area contributed by atoms with Crippen molar-refractivity contribution in [2.24, 2.45) is 0 Å². The summed E-state index contributed by atoms with van der Waals surface area (Å²) in [7, 11) is 0. The normalized spacial score (nSPS) is 15.5. The molecule has 0 N–H and O–H groups in total. The standard InChI is InChI=1S/C17H9ClN2O5S/c1-2-7-19-16(21)15(26-17(19)22)9-11-4-6-14(25-11)12-5-3-10(20(23)24)8-13(12)18/h1,3-6,8-9H,7H2/b15-9-. The van der Waals surface area contributed by atoms with E-state index in [0.29, 0.717) is 17.1 Å². The molecule has 9 heteroatoms. The summed E-state index contributed by atoms with van der Waals surface area (Å²) in [6.45, 7) is -0.0934. The number of thioether (sulfide) groups is 1. The molecule has 0 spiro atoms. The monoisotopic (exact) mass is 388 g/mol. The topological polar surface area (TPSA) is 93.7 Å². The van der Waals surface area contributed by atoms with Crippen LogP contribution in [-0.2, 0) is 4.79 Å². The molecule has 1 aliphatic heterocycles. The molecule has 0 radical (unpaired) electrons. The van der Waals surface area contributed by atoms with E-state index in [1.807, 2.05) is 0 Å². The summed E-state index contributed by atoms with van der Waals surface area (Å²) < 4.78 is 5.63. The molecule has 3 rings (SSSR count). The molecule has 1 aliphatic rings. The van der Waals surface area contributed by atoms with Crippen LogP contribution >= 0.6 is 23.4 Å². The number of imide groups is 1. The number of nitro benzene ring substituents is 1. The van der Waals surface area contributed by atoms with Gasteiger partial charge < -0.3 is 4.42 Å². The fourth-order valence-electron chi connectivity index (χ4n) is 2.25. The smallest absolute Gasteiger partial charge is 0.294 e. The summed E-state index contributed by atoms with van der Waals surface area (Å²) in [5, 5.41) is 10.5. The number of terminal acetylenes is 1. The quantitative estimate of drug-likeness (QED) is 0.337. The van der Waals surface area contributed by atoms with E-state index in [4.69, 9.17) is 22.4 Å². The third-order valence-corrected chi connectivity index (χ3v) is 4.67. The van der Waals surface area contributed by atoms with Gasteiger partial charge in [-0.05, 0) is 30.0 Å². The van der Waals surface area contributed by atoms with E-state index in [9.17, 15) is 19.7 Å². The second kappa shape index (κ2) is 7.07. The molecule has 1 aromatic carbocycles. The van der Waals surface area contributed by atoms with Gasteiger partial charge in [0.1, 0.15) is 11.5 Å². The number of halogens is 1. The molecule has 2 aromatic rings.